The highest BCUT2D eigenvalue weighted by Crippen LogP contribution is 2.16. The Morgan fingerprint density at radius 1 is 1.32 bits per heavy atom. The minimum absolute atomic E-state index is 0.0723. The molecule has 25 heavy (non-hydrogen) atoms. The molecule has 0 radical (unpaired) electrons. The van der Waals surface area contributed by atoms with Crippen molar-refractivity contribution in [3.63, 3.8) is 0 Å². The SMILES string of the molecule is CCN(CC)C(=O)c1nc(CNC(=O)c2cc(Cl)ccc2F)oc1C. The van der Waals surface area contributed by atoms with Crippen LogP contribution in [0.3, 0.4) is 0 Å². The monoisotopic (exact) mass is 367 g/mol. The first-order chi connectivity index (χ1) is 11.9. The van der Waals surface area contributed by atoms with E-state index in [0.717, 1.165) is 6.07 Å². The van der Waals surface area contributed by atoms with Crippen molar-refractivity contribution in [1.29, 1.82) is 0 Å². The van der Waals surface area contributed by atoms with Crippen molar-refractivity contribution in [2.75, 3.05) is 13.1 Å². The molecule has 6 nitrogen and oxygen atoms in total. The van der Waals surface area contributed by atoms with Crippen LogP contribution in [0.5, 0.6) is 0 Å². The number of carbonyl (C=O) groups is 2. The van der Waals surface area contributed by atoms with Crippen molar-refractivity contribution in [2.24, 2.45) is 0 Å². The predicted octanol–water partition coefficient (Wildman–Crippen LogP) is 3.19. The molecule has 1 heterocycles. The van der Waals surface area contributed by atoms with E-state index in [-0.39, 0.29) is 34.6 Å². The molecule has 2 rings (SSSR count). The zero-order chi connectivity index (χ0) is 18.6. The van der Waals surface area contributed by atoms with Crippen LogP contribution in [0.1, 0.15) is 46.3 Å². The smallest absolute Gasteiger partial charge is 0.276 e. The molecule has 0 unspecified atom stereocenters. The summed E-state index contributed by atoms with van der Waals surface area (Å²) in [6.07, 6.45) is 0. The summed E-state index contributed by atoms with van der Waals surface area (Å²) >= 11 is 5.77. The topological polar surface area (TPSA) is 75.4 Å². The van der Waals surface area contributed by atoms with Gasteiger partial charge in [-0.25, -0.2) is 9.37 Å². The van der Waals surface area contributed by atoms with Crippen LogP contribution in [-0.2, 0) is 6.54 Å². The number of rotatable bonds is 6. The minimum Gasteiger partial charge on any atom is -0.443 e. The van der Waals surface area contributed by atoms with Crippen LogP contribution >= 0.6 is 11.6 Å². The van der Waals surface area contributed by atoms with Gasteiger partial charge in [-0.1, -0.05) is 11.6 Å². The number of nitrogens with one attached hydrogen (secondary N) is 1. The van der Waals surface area contributed by atoms with E-state index in [2.05, 4.69) is 10.3 Å². The molecule has 0 aliphatic rings. The van der Waals surface area contributed by atoms with Crippen LogP contribution in [0.4, 0.5) is 4.39 Å². The fourth-order valence-corrected chi connectivity index (χ4v) is 2.48. The Balaban J connectivity index is 2.09. The molecule has 0 bridgehead atoms. The van der Waals surface area contributed by atoms with Crippen molar-refractivity contribution in [2.45, 2.75) is 27.3 Å². The Bertz CT molecular complexity index is 787. The Hall–Kier alpha value is -2.41. The van der Waals surface area contributed by atoms with Crippen LogP contribution in [0.2, 0.25) is 5.02 Å². The first-order valence-corrected chi connectivity index (χ1v) is 8.24. The maximum absolute atomic E-state index is 13.7. The van der Waals surface area contributed by atoms with Gasteiger partial charge in [-0.15, -0.1) is 0 Å². The second kappa shape index (κ2) is 8.11. The van der Waals surface area contributed by atoms with E-state index in [1.807, 2.05) is 13.8 Å². The lowest BCUT2D eigenvalue weighted by atomic mass is 10.2. The third kappa shape index (κ3) is 4.36. The van der Waals surface area contributed by atoms with Gasteiger partial charge in [0.1, 0.15) is 11.6 Å². The van der Waals surface area contributed by atoms with Gasteiger partial charge in [-0.3, -0.25) is 9.59 Å². The van der Waals surface area contributed by atoms with Gasteiger partial charge in [-0.2, -0.15) is 0 Å². The largest absolute Gasteiger partial charge is 0.443 e. The zero-order valence-corrected chi connectivity index (χ0v) is 15.0. The second-order valence-electron chi connectivity index (χ2n) is 5.30. The lowest BCUT2D eigenvalue weighted by Crippen LogP contribution is -2.31. The van der Waals surface area contributed by atoms with E-state index >= 15 is 0 Å². The molecule has 0 aliphatic heterocycles. The number of oxazole rings is 1. The van der Waals surface area contributed by atoms with Gasteiger partial charge >= 0.3 is 0 Å². The summed E-state index contributed by atoms with van der Waals surface area (Å²) in [7, 11) is 0. The van der Waals surface area contributed by atoms with Crippen molar-refractivity contribution < 1.29 is 18.4 Å². The molecule has 2 aromatic rings. The van der Waals surface area contributed by atoms with Gasteiger partial charge in [0.25, 0.3) is 11.8 Å². The molecule has 1 N–H and O–H groups in total. The molecule has 0 saturated carbocycles. The average molecular weight is 368 g/mol. The molecule has 0 atom stereocenters. The van der Waals surface area contributed by atoms with E-state index in [4.69, 9.17) is 16.0 Å². The number of carbonyl (C=O) groups excluding carboxylic acids is 2. The second-order valence-corrected chi connectivity index (χ2v) is 5.73. The predicted molar refractivity (Wildman–Crippen MR) is 91.1 cm³/mol. The number of hydrogen-bond donors (Lipinski definition) is 1. The maximum Gasteiger partial charge on any atom is 0.276 e. The first kappa shape index (κ1) is 18.9. The molecule has 0 saturated heterocycles. The average Bonchev–Trinajstić information content (AvgIpc) is 2.96. The van der Waals surface area contributed by atoms with E-state index < -0.39 is 11.7 Å². The van der Waals surface area contributed by atoms with Crippen LogP contribution in [0.25, 0.3) is 0 Å². The number of nitrogens with zero attached hydrogens (tertiary/aromatic N) is 2. The third-order valence-electron chi connectivity index (χ3n) is 3.67. The lowest BCUT2D eigenvalue weighted by molar-refractivity contribution is 0.0766. The standard InChI is InChI=1S/C17H19ClFN3O3/c1-4-22(5-2)17(24)15-10(3)25-14(21-15)9-20-16(23)12-8-11(18)6-7-13(12)19/h6-8H,4-5,9H2,1-3H3,(H,20,23). The van der Waals surface area contributed by atoms with E-state index in [0.29, 0.717) is 18.8 Å². The maximum atomic E-state index is 13.7. The summed E-state index contributed by atoms with van der Waals surface area (Å²) in [5.41, 5.74) is 0.0390. The zero-order valence-electron chi connectivity index (χ0n) is 14.2. The van der Waals surface area contributed by atoms with E-state index in [1.54, 1.807) is 11.8 Å². The number of aromatic nitrogens is 1. The molecule has 1 aromatic heterocycles. The quantitative estimate of drug-likeness (QED) is 0.850. The fraction of sp³-hybridized carbons (Fsp3) is 0.353. The number of aryl methyl sites for hydroxylation is 1. The summed E-state index contributed by atoms with van der Waals surface area (Å²) in [5, 5.41) is 2.76. The molecule has 2 amide bonds. The number of hydrogen-bond acceptors (Lipinski definition) is 4. The summed E-state index contributed by atoms with van der Waals surface area (Å²) in [4.78, 5) is 30.2. The van der Waals surface area contributed by atoms with Crippen LogP contribution in [0, 0.1) is 12.7 Å². The van der Waals surface area contributed by atoms with Crippen LogP contribution in [-0.4, -0.2) is 34.8 Å². The van der Waals surface area contributed by atoms with Gasteiger partial charge in [0, 0.05) is 18.1 Å². The highest BCUT2D eigenvalue weighted by atomic mass is 35.5. The highest BCUT2D eigenvalue weighted by Gasteiger charge is 2.21. The molecule has 0 fully saturated rings. The fourth-order valence-electron chi connectivity index (χ4n) is 2.31. The number of amides is 2. The van der Waals surface area contributed by atoms with Gasteiger partial charge in [0.05, 0.1) is 12.1 Å². The van der Waals surface area contributed by atoms with Gasteiger partial charge in [0.2, 0.25) is 5.89 Å². The van der Waals surface area contributed by atoms with Crippen molar-refractivity contribution in [3.8, 4) is 0 Å². The molecule has 134 valence electrons. The lowest BCUT2D eigenvalue weighted by Gasteiger charge is -2.16. The Kier molecular flexibility index (Phi) is 6.14. The molecule has 0 aliphatic carbocycles. The molecule has 8 heteroatoms. The third-order valence-corrected chi connectivity index (χ3v) is 3.90. The molecular weight excluding hydrogens is 349 g/mol. The van der Waals surface area contributed by atoms with Crippen molar-refractivity contribution in [1.82, 2.24) is 15.2 Å². The summed E-state index contributed by atoms with van der Waals surface area (Å²) < 4.78 is 19.1. The summed E-state index contributed by atoms with van der Waals surface area (Å²) in [6.45, 7) is 6.42. The van der Waals surface area contributed by atoms with Crippen LogP contribution in [0.15, 0.2) is 22.6 Å². The minimum atomic E-state index is -0.678. The Morgan fingerprint density at radius 2 is 2.00 bits per heavy atom. The van der Waals surface area contributed by atoms with Crippen LogP contribution < -0.4 is 5.32 Å². The van der Waals surface area contributed by atoms with Gasteiger partial charge in [0.15, 0.2) is 5.69 Å². The van der Waals surface area contributed by atoms with Crippen molar-refractivity contribution in [3.05, 3.63) is 51.9 Å². The highest BCUT2D eigenvalue weighted by molar-refractivity contribution is 6.31. The Labute approximate surface area is 150 Å². The molecule has 1 aromatic carbocycles. The first-order valence-electron chi connectivity index (χ1n) is 7.86. The number of halogens is 2. The number of benzene rings is 1. The van der Waals surface area contributed by atoms with Gasteiger partial charge < -0.3 is 14.6 Å². The van der Waals surface area contributed by atoms with Gasteiger partial charge in [-0.05, 0) is 39.0 Å². The van der Waals surface area contributed by atoms with E-state index in [9.17, 15) is 14.0 Å². The molecule has 0 spiro atoms. The van der Waals surface area contributed by atoms with Crippen molar-refractivity contribution >= 4 is 23.4 Å². The summed E-state index contributed by atoms with van der Waals surface area (Å²) in [5.74, 6) is -1.01. The normalized spacial score (nSPS) is 10.6. The Morgan fingerprint density at radius 3 is 2.64 bits per heavy atom. The molecular formula is C17H19ClFN3O3. The summed E-state index contributed by atoms with van der Waals surface area (Å²) in [6, 6.07) is 3.71. The van der Waals surface area contributed by atoms with E-state index in [1.165, 1.54) is 12.1 Å².